The van der Waals surface area contributed by atoms with Crippen molar-refractivity contribution in [1.29, 1.82) is 0 Å². The number of unbranched alkanes of at least 4 members (excludes halogenated alkanes) is 1. The first-order chi connectivity index (χ1) is 6.41. The lowest BCUT2D eigenvalue weighted by molar-refractivity contribution is 0.621. The third-order valence-electron chi connectivity index (χ3n) is 1.56. The smallest absolute Gasteiger partial charge is 0.103 e. The third kappa shape index (κ3) is 11.1. The van der Waals surface area contributed by atoms with Crippen LogP contribution in [0.25, 0.3) is 0 Å². The van der Waals surface area contributed by atoms with E-state index in [1.54, 1.807) is 6.34 Å². The molecule has 0 saturated heterocycles. The van der Waals surface area contributed by atoms with Crippen LogP contribution in [0.15, 0.2) is 10.1 Å². The topological polar surface area (TPSA) is 48.8 Å². The molecule has 2 N–H and O–H groups in total. The van der Waals surface area contributed by atoms with Crippen molar-refractivity contribution in [3.8, 4) is 0 Å². The van der Waals surface area contributed by atoms with Crippen molar-refractivity contribution in [3.05, 3.63) is 0 Å². The summed E-state index contributed by atoms with van der Waals surface area (Å²) in [5.41, 5.74) is 2.57. The highest BCUT2D eigenvalue weighted by molar-refractivity contribution is 5.54. The summed E-state index contributed by atoms with van der Waals surface area (Å²) in [6.07, 6.45) is 5.07. The van der Waals surface area contributed by atoms with Gasteiger partial charge in [0.1, 0.15) is 6.34 Å². The third-order valence-corrected chi connectivity index (χ3v) is 1.56. The van der Waals surface area contributed by atoms with E-state index in [-0.39, 0.29) is 0 Å². The average molecular weight is 184 g/mol. The van der Waals surface area contributed by atoms with Crippen LogP contribution in [0.4, 0.5) is 0 Å². The van der Waals surface area contributed by atoms with E-state index in [1.165, 1.54) is 12.8 Å². The zero-order chi connectivity index (χ0) is 9.78. The average Bonchev–Trinajstić information content (AvgIpc) is 2.16. The molecule has 0 radical (unpaired) electrons. The minimum Gasteiger partial charge on any atom is -0.317 e. The van der Waals surface area contributed by atoms with Crippen LogP contribution in [0.1, 0.15) is 26.2 Å². The van der Waals surface area contributed by atoms with Gasteiger partial charge in [-0.25, -0.2) is 0 Å². The second kappa shape index (κ2) is 11.1. The lowest BCUT2D eigenvalue weighted by atomic mass is 10.3. The van der Waals surface area contributed by atoms with Crippen LogP contribution < -0.4 is 10.7 Å². The Morgan fingerprint density at radius 3 is 2.85 bits per heavy atom. The molecule has 4 nitrogen and oxygen atoms in total. The molecular weight excluding hydrogens is 164 g/mol. The number of aliphatic imine (C=N–C) groups is 1. The largest absolute Gasteiger partial charge is 0.317 e. The first-order valence-electron chi connectivity index (χ1n) is 4.82. The highest BCUT2D eigenvalue weighted by atomic mass is 15.3. The first-order valence-corrected chi connectivity index (χ1v) is 4.82. The van der Waals surface area contributed by atoms with Gasteiger partial charge in [0.2, 0.25) is 0 Å². The van der Waals surface area contributed by atoms with E-state index in [2.05, 4.69) is 34.5 Å². The quantitative estimate of drug-likeness (QED) is 0.243. The van der Waals surface area contributed by atoms with Gasteiger partial charge in [-0.15, -0.1) is 0 Å². The van der Waals surface area contributed by atoms with Crippen LogP contribution in [0.2, 0.25) is 0 Å². The maximum Gasteiger partial charge on any atom is 0.103 e. The summed E-state index contributed by atoms with van der Waals surface area (Å²) in [5, 5.41) is 6.77. The van der Waals surface area contributed by atoms with Crippen molar-refractivity contribution >= 4 is 13.1 Å². The van der Waals surface area contributed by atoms with Gasteiger partial charge in [-0.2, -0.15) is 5.10 Å². The van der Waals surface area contributed by atoms with Gasteiger partial charge >= 0.3 is 0 Å². The van der Waals surface area contributed by atoms with Gasteiger partial charge in [0.05, 0.1) is 0 Å². The highest BCUT2D eigenvalue weighted by Crippen LogP contribution is 1.86. The molecule has 13 heavy (non-hydrogen) atoms. The predicted octanol–water partition coefficient (Wildman–Crippen LogP) is 1.000. The normalized spacial score (nSPS) is 10.5. The standard InChI is InChI=1S/C9H20N4/c1-3-6-11-7-4-5-8-12-9-13-10-2/h9,11H,2-8H2,1H3,(H,12,13). The maximum atomic E-state index is 4.08. The molecule has 0 fully saturated rings. The Balaban J connectivity index is 2.94. The van der Waals surface area contributed by atoms with E-state index < -0.39 is 0 Å². The van der Waals surface area contributed by atoms with Gasteiger partial charge in [0.15, 0.2) is 0 Å². The summed E-state index contributed by atoms with van der Waals surface area (Å²) in [7, 11) is 0. The van der Waals surface area contributed by atoms with E-state index in [4.69, 9.17) is 0 Å². The molecule has 0 bridgehead atoms. The molecular formula is C9H20N4. The van der Waals surface area contributed by atoms with Gasteiger partial charge in [-0.1, -0.05) is 6.92 Å². The summed E-state index contributed by atoms with van der Waals surface area (Å²) in [4.78, 5) is 4.08. The fourth-order valence-electron chi connectivity index (χ4n) is 0.901. The summed E-state index contributed by atoms with van der Waals surface area (Å²) >= 11 is 0. The molecule has 0 aliphatic carbocycles. The zero-order valence-corrected chi connectivity index (χ0v) is 8.42. The van der Waals surface area contributed by atoms with Crippen LogP contribution in [0, 0.1) is 0 Å². The van der Waals surface area contributed by atoms with E-state index in [9.17, 15) is 0 Å². The molecule has 0 amide bonds. The molecule has 0 heterocycles. The van der Waals surface area contributed by atoms with Crippen molar-refractivity contribution in [2.75, 3.05) is 19.6 Å². The molecule has 0 aliphatic rings. The molecule has 0 atom stereocenters. The molecule has 0 aromatic heterocycles. The Kier molecular flexibility index (Phi) is 10.3. The summed E-state index contributed by atoms with van der Waals surface area (Å²) in [6, 6.07) is 0. The van der Waals surface area contributed by atoms with Crippen molar-refractivity contribution < 1.29 is 0 Å². The summed E-state index contributed by atoms with van der Waals surface area (Å²) in [6.45, 7) is 8.51. The Hall–Kier alpha value is -0.900. The van der Waals surface area contributed by atoms with Crippen LogP contribution in [0.5, 0.6) is 0 Å². The van der Waals surface area contributed by atoms with Crippen LogP contribution in [-0.4, -0.2) is 32.7 Å². The Morgan fingerprint density at radius 1 is 1.31 bits per heavy atom. The molecule has 0 rings (SSSR count). The molecule has 0 saturated carbocycles. The molecule has 4 heteroatoms. The predicted molar refractivity (Wildman–Crippen MR) is 58.4 cm³/mol. The lowest BCUT2D eigenvalue weighted by Gasteiger charge is -2.00. The number of nitrogens with one attached hydrogen (secondary N) is 2. The first kappa shape index (κ1) is 12.1. The van der Waals surface area contributed by atoms with Crippen LogP contribution in [-0.2, 0) is 0 Å². The van der Waals surface area contributed by atoms with Gasteiger partial charge in [0, 0.05) is 13.3 Å². The summed E-state index contributed by atoms with van der Waals surface area (Å²) in [5.74, 6) is 0. The maximum absolute atomic E-state index is 4.08. The van der Waals surface area contributed by atoms with Crippen LogP contribution in [0.3, 0.4) is 0 Å². The molecule has 0 spiro atoms. The Morgan fingerprint density at radius 2 is 2.15 bits per heavy atom. The Bertz CT molecular complexity index is 134. The highest BCUT2D eigenvalue weighted by Gasteiger charge is 1.85. The molecule has 76 valence electrons. The van der Waals surface area contributed by atoms with E-state index in [0.717, 1.165) is 26.1 Å². The second-order valence-electron chi connectivity index (χ2n) is 2.78. The van der Waals surface area contributed by atoms with Crippen molar-refractivity contribution in [2.45, 2.75) is 26.2 Å². The van der Waals surface area contributed by atoms with E-state index >= 15 is 0 Å². The molecule has 0 aromatic rings. The van der Waals surface area contributed by atoms with E-state index in [1.807, 2.05) is 0 Å². The fourth-order valence-corrected chi connectivity index (χ4v) is 0.901. The number of hydrogen-bond donors (Lipinski definition) is 2. The van der Waals surface area contributed by atoms with Gasteiger partial charge in [0.25, 0.3) is 0 Å². The number of hydrazone groups is 1. The minimum atomic E-state index is 0.857. The van der Waals surface area contributed by atoms with Crippen LogP contribution >= 0.6 is 0 Å². The van der Waals surface area contributed by atoms with E-state index in [0.29, 0.717) is 0 Å². The van der Waals surface area contributed by atoms with Crippen molar-refractivity contribution in [1.82, 2.24) is 10.7 Å². The second-order valence-corrected chi connectivity index (χ2v) is 2.78. The number of hydrogen-bond acceptors (Lipinski definition) is 3. The number of rotatable bonds is 9. The zero-order valence-electron chi connectivity index (χ0n) is 8.42. The Labute approximate surface area is 80.5 Å². The van der Waals surface area contributed by atoms with Gasteiger partial charge in [-0.3, -0.25) is 10.4 Å². The SMILES string of the molecule is C=NNC=NCCCCNCCC. The minimum absolute atomic E-state index is 0.857. The van der Waals surface area contributed by atoms with Crippen molar-refractivity contribution in [3.63, 3.8) is 0 Å². The molecule has 0 aromatic carbocycles. The fraction of sp³-hybridized carbons (Fsp3) is 0.778. The monoisotopic (exact) mass is 184 g/mol. The van der Waals surface area contributed by atoms with Crippen molar-refractivity contribution in [2.24, 2.45) is 10.1 Å². The molecule has 0 aliphatic heterocycles. The van der Waals surface area contributed by atoms with Gasteiger partial charge < -0.3 is 5.32 Å². The lowest BCUT2D eigenvalue weighted by Crippen LogP contribution is -2.15. The summed E-state index contributed by atoms with van der Waals surface area (Å²) < 4.78 is 0. The number of nitrogens with zero attached hydrogens (tertiary/aromatic N) is 2. The molecule has 0 unspecified atom stereocenters. The van der Waals surface area contributed by atoms with Gasteiger partial charge in [-0.05, 0) is 32.4 Å².